The van der Waals surface area contributed by atoms with Crippen LogP contribution in [-0.2, 0) is 10.3 Å². The van der Waals surface area contributed by atoms with Gasteiger partial charge >= 0.3 is 0 Å². The molecule has 0 atom stereocenters. The molecule has 18 heavy (non-hydrogen) atoms. The van der Waals surface area contributed by atoms with Crippen LogP contribution in [0.4, 0.5) is 0 Å². The van der Waals surface area contributed by atoms with Gasteiger partial charge in [0.2, 0.25) is 0 Å². The SMILES string of the molecule is CC(C)(NCCOC1CCNCC1)c1nccs1. The molecule has 0 bridgehead atoms. The number of nitrogens with one attached hydrogen (secondary N) is 2. The van der Waals surface area contributed by atoms with Crippen molar-refractivity contribution >= 4 is 11.3 Å². The van der Waals surface area contributed by atoms with Gasteiger partial charge < -0.3 is 15.4 Å². The van der Waals surface area contributed by atoms with Gasteiger partial charge in [-0.2, -0.15) is 0 Å². The zero-order valence-electron chi connectivity index (χ0n) is 11.2. The van der Waals surface area contributed by atoms with E-state index < -0.39 is 0 Å². The minimum Gasteiger partial charge on any atom is -0.377 e. The smallest absolute Gasteiger partial charge is 0.112 e. The molecule has 4 nitrogen and oxygen atoms in total. The normalized spacial score (nSPS) is 18.1. The Morgan fingerprint density at radius 1 is 1.50 bits per heavy atom. The average molecular weight is 269 g/mol. The van der Waals surface area contributed by atoms with Gasteiger partial charge in [0.15, 0.2) is 0 Å². The lowest BCUT2D eigenvalue weighted by Crippen LogP contribution is -2.40. The van der Waals surface area contributed by atoms with Crippen molar-refractivity contribution in [2.75, 3.05) is 26.2 Å². The molecular weight excluding hydrogens is 246 g/mol. The fourth-order valence-corrected chi connectivity index (χ4v) is 2.90. The van der Waals surface area contributed by atoms with Crippen LogP contribution in [0.3, 0.4) is 0 Å². The summed E-state index contributed by atoms with van der Waals surface area (Å²) in [4.78, 5) is 4.36. The van der Waals surface area contributed by atoms with Gasteiger partial charge in [-0.1, -0.05) is 0 Å². The summed E-state index contributed by atoms with van der Waals surface area (Å²) < 4.78 is 5.88. The molecule has 5 heteroatoms. The summed E-state index contributed by atoms with van der Waals surface area (Å²) in [6.07, 6.45) is 4.57. The number of hydrogen-bond donors (Lipinski definition) is 2. The molecule has 0 radical (unpaired) electrons. The Hall–Kier alpha value is -0.490. The van der Waals surface area contributed by atoms with E-state index in [0.29, 0.717) is 6.10 Å². The average Bonchev–Trinajstić information content (AvgIpc) is 2.91. The van der Waals surface area contributed by atoms with Crippen molar-refractivity contribution in [2.24, 2.45) is 0 Å². The van der Waals surface area contributed by atoms with Crippen molar-refractivity contribution in [1.82, 2.24) is 15.6 Å². The van der Waals surface area contributed by atoms with Gasteiger partial charge in [0.25, 0.3) is 0 Å². The van der Waals surface area contributed by atoms with Crippen LogP contribution >= 0.6 is 11.3 Å². The highest BCUT2D eigenvalue weighted by Gasteiger charge is 2.22. The molecular formula is C13H23N3OS. The van der Waals surface area contributed by atoms with Crippen molar-refractivity contribution < 1.29 is 4.74 Å². The highest BCUT2D eigenvalue weighted by Crippen LogP contribution is 2.21. The van der Waals surface area contributed by atoms with E-state index in [0.717, 1.165) is 44.1 Å². The lowest BCUT2D eigenvalue weighted by atomic mass is 10.1. The van der Waals surface area contributed by atoms with Crippen molar-refractivity contribution in [3.05, 3.63) is 16.6 Å². The fraction of sp³-hybridized carbons (Fsp3) is 0.769. The summed E-state index contributed by atoms with van der Waals surface area (Å²) in [6, 6.07) is 0. The lowest BCUT2D eigenvalue weighted by Gasteiger charge is -2.26. The molecule has 1 aromatic heterocycles. The minimum absolute atomic E-state index is 0.0638. The third kappa shape index (κ3) is 4.02. The van der Waals surface area contributed by atoms with Crippen molar-refractivity contribution in [3.63, 3.8) is 0 Å². The number of rotatable bonds is 6. The molecule has 0 aliphatic carbocycles. The van der Waals surface area contributed by atoms with Gasteiger partial charge in [0.05, 0.1) is 18.2 Å². The van der Waals surface area contributed by atoms with Gasteiger partial charge in [0, 0.05) is 18.1 Å². The van der Waals surface area contributed by atoms with Crippen molar-refractivity contribution in [1.29, 1.82) is 0 Å². The van der Waals surface area contributed by atoms with E-state index in [1.54, 1.807) is 11.3 Å². The van der Waals surface area contributed by atoms with E-state index in [1.165, 1.54) is 0 Å². The topological polar surface area (TPSA) is 46.2 Å². The number of thiazole rings is 1. The second-order valence-electron chi connectivity index (χ2n) is 5.21. The number of aromatic nitrogens is 1. The van der Waals surface area contributed by atoms with Gasteiger partial charge in [-0.3, -0.25) is 0 Å². The zero-order chi connectivity index (χ0) is 12.8. The maximum atomic E-state index is 5.88. The molecule has 2 heterocycles. The number of hydrogen-bond acceptors (Lipinski definition) is 5. The highest BCUT2D eigenvalue weighted by molar-refractivity contribution is 7.09. The second kappa shape index (κ2) is 6.61. The Morgan fingerprint density at radius 2 is 2.28 bits per heavy atom. The third-order valence-electron chi connectivity index (χ3n) is 3.28. The highest BCUT2D eigenvalue weighted by atomic mass is 32.1. The first kappa shape index (κ1) is 13.9. The Balaban J connectivity index is 1.65. The van der Waals surface area contributed by atoms with Crippen molar-refractivity contribution in [2.45, 2.75) is 38.3 Å². The largest absolute Gasteiger partial charge is 0.377 e. The molecule has 2 N–H and O–H groups in total. The van der Waals surface area contributed by atoms with Crippen LogP contribution in [0.1, 0.15) is 31.7 Å². The zero-order valence-corrected chi connectivity index (χ0v) is 12.1. The molecule has 102 valence electrons. The Bertz CT molecular complexity index is 334. The molecule has 0 spiro atoms. The van der Waals surface area contributed by atoms with E-state index in [1.807, 2.05) is 11.6 Å². The standard InChI is InChI=1S/C13H23N3OS/c1-13(2,12-15-8-10-18-12)16-7-9-17-11-3-5-14-6-4-11/h8,10-11,14,16H,3-7,9H2,1-2H3. The lowest BCUT2D eigenvalue weighted by molar-refractivity contribution is 0.0323. The molecule has 0 unspecified atom stereocenters. The molecule has 1 saturated heterocycles. The van der Waals surface area contributed by atoms with E-state index in [2.05, 4.69) is 29.5 Å². The van der Waals surface area contributed by atoms with E-state index in [9.17, 15) is 0 Å². The fourth-order valence-electron chi connectivity index (χ4n) is 2.16. The summed E-state index contributed by atoms with van der Waals surface area (Å²) in [5.74, 6) is 0. The molecule has 1 aliphatic heterocycles. The second-order valence-corrected chi connectivity index (χ2v) is 6.10. The van der Waals surface area contributed by atoms with Crippen LogP contribution in [0.25, 0.3) is 0 Å². The summed E-state index contributed by atoms with van der Waals surface area (Å²) in [5.41, 5.74) is -0.0638. The molecule has 0 saturated carbocycles. The predicted octanol–water partition coefficient (Wildman–Crippen LogP) is 1.74. The van der Waals surface area contributed by atoms with Gasteiger partial charge in [-0.05, 0) is 39.8 Å². The first-order valence-electron chi connectivity index (χ1n) is 6.66. The Kier molecular flexibility index (Phi) is 5.12. The van der Waals surface area contributed by atoms with E-state index in [-0.39, 0.29) is 5.54 Å². The quantitative estimate of drug-likeness (QED) is 0.772. The number of nitrogens with zero attached hydrogens (tertiary/aromatic N) is 1. The van der Waals surface area contributed by atoms with Gasteiger partial charge in [-0.15, -0.1) is 11.3 Å². The first-order valence-corrected chi connectivity index (χ1v) is 7.54. The number of ether oxygens (including phenoxy) is 1. The maximum absolute atomic E-state index is 5.88. The Morgan fingerprint density at radius 3 is 2.94 bits per heavy atom. The summed E-state index contributed by atoms with van der Waals surface area (Å²) >= 11 is 1.69. The molecule has 2 rings (SSSR count). The van der Waals surface area contributed by atoms with Crippen LogP contribution < -0.4 is 10.6 Å². The molecule has 0 amide bonds. The van der Waals surface area contributed by atoms with Crippen LogP contribution in [0.15, 0.2) is 11.6 Å². The monoisotopic (exact) mass is 269 g/mol. The summed E-state index contributed by atoms with van der Waals surface area (Å²) in [7, 11) is 0. The Labute approximate surface area is 113 Å². The molecule has 1 aliphatic rings. The van der Waals surface area contributed by atoms with Gasteiger partial charge in [0.1, 0.15) is 5.01 Å². The molecule has 0 aromatic carbocycles. The first-order chi connectivity index (χ1) is 8.68. The van der Waals surface area contributed by atoms with E-state index in [4.69, 9.17) is 4.74 Å². The van der Waals surface area contributed by atoms with Crippen LogP contribution in [0.2, 0.25) is 0 Å². The molecule has 1 fully saturated rings. The summed E-state index contributed by atoms with van der Waals surface area (Å²) in [6.45, 7) is 8.15. The van der Waals surface area contributed by atoms with Gasteiger partial charge in [-0.25, -0.2) is 4.98 Å². The third-order valence-corrected chi connectivity index (χ3v) is 4.37. The van der Waals surface area contributed by atoms with Crippen LogP contribution in [0, 0.1) is 0 Å². The van der Waals surface area contributed by atoms with Crippen molar-refractivity contribution in [3.8, 4) is 0 Å². The maximum Gasteiger partial charge on any atom is 0.112 e. The van der Waals surface area contributed by atoms with Crippen LogP contribution in [0.5, 0.6) is 0 Å². The summed E-state index contributed by atoms with van der Waals surface area (Å²) in [5, 5.41) is 10.0. The van der Waals surface area contributed by atoms with E-state index >= 15 is 0 Å². The van der Waals surface area contributed by atoms with Crippen LogP contribution in [-0.4, -0.2) is 37.3 Å². The minimum atomic E-state index is -0.0638. The number of piperidine rings is 1. The predicted molar refractivity (Wildman–Crippen MR) is 75.0 cm³/mol. The molecule has 1 aromatic rings.